The van der Waals surface area contributed by atoms with Gasteiger partial charge in [0.25, 0.3) is 5.56 Å². The van der Waals surface area contributed by atoms with Crippen molar-refractivity contribution in [1.82, 2.24) is 19.9 Å². The van der Waals surface area contributed by atoms with Gasteiger partial charge < -0.3 is 9.72 Å². The highest BCUT2D eigenvalue weighted by molar-refractivity contribution is 5.61. The van der Waals surface area contributed by atoms with Gasteiger partial charge in [0.2, 0.25) is 0 Å². The van der Waals surface area contributed by atoms with Gasteiger partial charge in [-0.2, -0.15) is 0 Å². The molecule has 6 heteroatoms. The Morgan fingerprint density at radius 1 is 1.23 bits per heavy atom. The van der Waals surface area contributed by atoms with E-state index in [0.29, 0.717) is 13.2 Å². The van der Waals surface area contributed by atoms with E-state index >= 15 is 0 Å². The molecule has 0 atom stereocenters. The number of pyridine rings is 1. The van der Waals surface area contributed by atoms with Crippen molar-refractivity contribution in [2.24, 2.45) is 0 Å². The molecule has 30 heavy (non-hydrogen) atoms. The number of aromatic amines is 1. The summed E-state index contributed by atoms with van der Waals surface area (Å²) >= 11 is 0. The molecule has 0 bridgehead atoms. The monoisotopic (exact) mass is 404 g/mol. The second-order valence-electron chi connectivity index (χ2n) is 8.00. The molecule has 0 saturated heterocycles. The molecule has 1 aliphatic rings. The fourth-order valence-corrected chi connectivity index (χ4v) is 3.77. The number of fused-ring (bicyclic) bond motifs is 1. The molecule has 0 saturated carbocycles. The number of nitrogens with one attached hydrogen (secondary N) is 1. The quantitative estimate of drug-likeness (QED) is 0.674. The van der Waals surface area contributed by atoms with Crippen LogP contribution in [0.2, 0.25) is 0 Å². The first kappa shape index (κ1) is 20.3. The Morgan fingerprint density at radius 2 is 2.10 bits per heavy atom. The van der Waals surface area contributed by atoms with Gasteiger partial charge in [-0.3, -0.25) is 14.7 Å². The van der Waals surface area contributed by atoms with Crippen molar-refractivity contribution < 1.29 is 4.74 Å². The first-order valence-corrected chi connectivity index (χ1v) is 10.6. The highest BCUT2D eigenvalue weighted by Gasteiger charge is 2.22. The van der Waals surface area contributed by atoms with Crippen molar-refractivity contribution in [2.45, 2.75) is 46.2 Å². The van der Waals surface area contributed by atoms with Gasteiger partial charge in [0, 0.05) is 43.7 Å². The maximum Gasteiger partial charge on any atom is 0.255 e. The third-order valence-electron chi connectivity index (χ3n) is 5.38. The number of aromatic nitrogens is 3. The maximum absolute atomic E-state index is 12.5. The highest BCUT2D eigenvalue weighted by Crippen LogP contribution is 2.23. The Morgan fingerprint density at radius 3 is 2.83 bits per heavy atom. The molecule has 6 nitrogen and oxygen atoms in total. The molecule has 1 aromatic carbocycles. The second kappa shape index (κ2) is 8.79. The second-order valence-corrected chi connectivity index (χ2v) is 8.00. The zero-order valence-corrected chi connectivity index (χ0v) is 17.8. The van der Waals surface area contributed by atoms with Crippen LogP contribution < -0.4 is 10.3 Å². The minimum absolute atomic E-state index is 0.00365. The van der Waals surface area contributed by atoms with Crippen LogP contribution in [0.15, 0.2) is 47.4 Å². The van der Waals surface area contributed by atoms with E-state index in [-0.39, 0.29) is 11.5 Å². The van der Waals surface area contributed by atoms with Crippen molar-refractivity contribution in [3.8, 4) is 17.0 Å². The number of ether oxygens (including phenoxy) is 1. The van der Waals surface area contributed by atoms with E-state index in [9.17, 15) is 4.79 Å². The molecule has 0 aliphatic carbocycles. The third-order valence-corrected chi connectivity index (χ3v) is 5.38. The molecule has 3 heterocycles. The van der Waals surface area contributed by atoms with Crippen molar-refractivity contribution in [3.05, 3.63) is 75.6 Å². The van der Waals surface area contributed by atoms with E-state index in [2.05, 4.69) is 25.9 Å². The van der Waals surface area contributed by atoms with Crippen LogP contribution in [-0.2, 0) is 19.5 Å². The summed E-state index contributed by atoms with van der Waals surface area (Å²) in [7, 11) is 0. The summed E-state index contributed by atoms with van der Waals surface area (Å²) in [6, 6.07) is 12.1. The number of hydrogen-bond acceptors (Lipinski definition) is 5. The summed E-state index contributed by atoms with van der Waals surface area (Å²) in [5.41, 5.74) is 4.83. The number of nitrogens with zero attached hydrogens (tertiary/aromatic N) is 3. The van der Waals surface area contributed by atoms with E-state index in [0.717, 1.165) is 59.2 Å². The van der Waals surface area contributed by atoms with E-state index in [4.69, 9.17) is 4.74 Å². The fourth-order valence-electron chi connectivity index (χ4n) is 3.77. The topological polar surface area (TPSA) is 71.1 Å². The molecule has 0 amide bonds. The lowest BCUT2D eigenvalue weighted by Crippen LogP contribution is -2.36. The molecule has 156 valence electrons. The zero-order valence-electron chi connectivity index (χ0n) is 17.8. The average Bonchev–Trinajstić information content (AvgIpc) is 2.75. The smallest absolute Gasteiger partial charge is 0.255 e. The van der Waals surface area contributed by atoms with Gasteiger partial charge in [-0.1, -0.05) is 32.0 Å². The van der Waals surface area contributed by atoms with Gasteiger partial charge in [-0.25, -0.2) is 4.98 Å². The molecule has 0 unspecified atom stereocenters. The van der Waals surface area contributed by atoms with Gasteiger partial charge in [-0.15, -0.1) is 0 Å². The molecule has 0 spiro atoms. The lowest BCUT2D eigenvalue weighted by molar-refractivity contribution is 0.241. The third kappa shape index (κ3) is 4.44. The Balaban J connectivity index is 1.46. The summed E-state index contributed by atoms with van der Waals surface area (Å²) in [5, 5.41) is 0. The van der Waals surface area contributed by atoms with Gasteiger partial charge in [-0.05, 0) is 30.7 Å². The van der Waals surface area contributed by atoms with Crippen LogP contribution in [0.3, 0.4) is 0 Å². The van der Waals surface area contributed by atoms with Crippen molar-refractivity contribution >= 4 is 0 Å². The Kier molecular flexibility index (Phi) is 5.95. The van der Waals surface area contributed by atoms with Crippen LogP contribution in [0.1, 0.15) is 49.3 Å². The predicted octanol–water partition coefficient (Wildman–Crippen LogP) is 3.91. The van der Waals surface area contributed by atoms with Crippen molar-refractivity contribution in [2.75, 3.05) is 13.2 Å². The standard InChI is InChI=1S/C24H28N4O2/c1-4-30-19-7-5-6-18(12-19)21-9-8-17(13-25-21)14-28-11-10-22-20(15-28)24(29)27-23(26-22)16(2)3/h5-9,12-13,16H,4,10-11,14-15H2,1-3H3,(H,26,27,29). The summed E-state index contributed by atoms with van der Waals surface area (Å²) in [6.45, 7) is 8.98. The SMILES string of the molecule is CCOc1cccc(-c2ccc(CN3CCc4nc(C(C)C)[nH]c(=O)c4C3)cn2)c1. The maximum atomic E-state index is 12.5. The minimum atomic E-state index is -0.00365. The molecule has 1 aliphatic heterocycles. The largest absolute Gasteiger partial charge is 0.494 e. The molecular weight excluding hydrogens is 376 g/mol. The Bertz CT molecular complexity index is 1070. The van der Waals surface area contributed by atoms with Crippen molar-refractivity contribution in [1.29, 1.82) is 0 Å². The van der Waals surface area contributed by atoms with Gasteiger partial charge >= 0.3 is 0 Å². The molecular formula is C24H28N4O2. The molecule has 2 aromatic heterocycles. The lowest BCUT2D eigenvalue weighted by Gasteiger charge is -2.28. The number of hydrogen-bond donors (Lipinski definition) is 1. The van der Waals surface area contributed by atoms with E-state index in [1.54, 1.807) is 0 Å². The van der Waals surface area contributed by atoms with E-state index in [1.165, 1.54) is 0 Å². The number of benzene rings is 1. The number of H-pyrrole nitrogens is 1. The van der Waals surface area contributed by atoms with Gasteiger partial charge in [0.15, 0.2) is 0 Å². The van der Waals surface area contributed by atoms with E-state index in [1.807, 2.05) is 57.3 Å². The van der Waals surface area contributed by atoms with Crippen LogP contribution in [-0.4, -0.2) is 33.0 Å². The normalized spacial score (nSPS) is 14.0. The predicted molar refractivity (Wildman–Crippen MR) is 118 cm³/mol. The molecule has 3 aromatic rings. The lowest BCUT2D eigenvalue weighted by atomic mass is 10.0. The van der Waals surface area contributed by atoms with Crippen LogP contribution in [0, 0.1) is 0 Å². The summed E-state index contributed by atoms with van der Waals surface area (Å²) in [6.07, 6.45) is 2.72. The first-order chi connectivity index (χ1) is 14.5. The summed E-state index contributed by atoms with van der Waals surface area (Å²) < 4.78 is 5.58. The Labute approximate surface area is 177 Å². The zero-order chi connectivity index (χ0) is 21.1. The summed E-state index contributed by atoms with van der Waals surface area (Å²) in [5.74, 6) is 1.85. The minimum Gasteiger partial charge on any atom is -0.494 e. The van der Waals surface area contributed by atoms with Crippen molar-refractivity contribution in [3.63, 3.8) is 0 Å². The molecule has 1 N–H and O–H groups in total. The van der Waals surface area contributed by atoms with Gasteiger partial charge in [0.1, 0.15) is 11.6 Å². The average molecular weight is 405 g/mol. The van der Waals surface area contributed by atoms with E-state index < -0.39 is 0 Å². The van der Waals surface area contributed by atoms with Gasteiger partial charge in [0.05, 0.1) is 23.6 Å². The number of rotatable bonds is 6. The Hall–Kier alpha value is -2.99. The van der Waals surface area contributed by atoms with Crippen LogP contribution >= 0.6 is 0 Å². The molecule has 4 rings (SSSR count). The fraction of sp³-hybridized carbons (Fsp3) is 0.375. The molecule has 0 radical (unpaired) electrons. The molecule has 0 fully saturated rings. The van der Waals surface area contributed by atoms with Crippen LogP contribution in [0.25, 0.3) is 11.3 Å². The summed E-state index contributed by atoms with van der Waals surface area (Å²) in [4.78, 5) is 27.1. The van der Waals surface area contributed by atoms with Crippen LogP contribution in [0.4, 0.5) is 0 Å². The van der Waals surface area contributed by atoms with Crippen LogP contribution in [0.5, 0.6) is 5.75 Å². The first-order valence-electron chi connectivity index (χ1n) is 10.6. The highest BCUT2D eigenvalue weighted by atomic mass is 16.5.